The zero-order valence-electron chi connectivity index (χ0n) is 8.86. The van der Waals surface area contributed by atoms with Crippen molar-refractivity contribution in [1.29, 1.82) is 0 Å². The second-order valence-electron chi connectivity index (χ2n) is 3.42. The second-order valence-corrected chi connectivity index (χ2v) is 3.42. The Balaban J connectivity index is 2.72. The van der Waals surface area contributed by atoms with Crippen LogP contribution in [0.3, 0.4) is 0 Å². The number of nitrogen functional groups attached to an aromatic ring is 1. The molecule has 0 aliphatic rings. The molecule has 0 spiro atoms. The fourth-order valence-electron chi connectivity index (χ4n) is 1.60. The number of nitrogens with zero attached hydrogens (tertiary/aromatic N) is 4. The largest absolute Gasteiger partial charge is 0.369 e. The Labute approximate surface area is 87.7 Å². The smallest absolute Gasteiger partial charge is 0.202 e. The van der Waals surface area contributed by atoms with Crippen molar-refractivity contribution >= 4 is 17.1 Å². The van der Waals surface area contributed by atoms with Crippen LogP contribution in [-0.2, 0) is 13.5 Å². The van der Waals surface area contributed by atoms with Crippen molar-refractivity contribution in [3.8, 4) is 0 Å². The van der Waals surface area contributed by atoms with E-state index in [1.54, 1.807) is 10.6 Å². The molecule has 5 nitrogen and oxygen atoms in total. The average Bonchev–Trinajstić information content (AvgIpc) is 2.43. The minimum absolute atomic E-state index is 0.457. The van der Waals surface area contributed by atoms with Gasteiger partial charge in [-0.1, -0.05) is 6.08 Å². The lowest BCUT2D eigenvalue weighted by Gasteiger charge is -2.01. The van der Waals surface area contributed by atoms with E-state index in [2.05, 4.69) is 21.5 Å². The Bertz CT molecular complexity index is 526. The minimum atomic E-state index is 0.457. The highest BCUT2D eigenvalue weighted by Gasteiger charge is 2.10. The number of hydrogen-bond acceptors (Lipinski definition) is 4. The van der Waals surface area contributed by atoms with Crippen molar-refractivity contribution in [2.75, 3.05) is 5.73 Å². The van der Waals surface area contributed by atoms with Crippen molar-refractivity contribution in [1.82, 2.24) is 19.5 Å². The summed E-state index contributed by atoms with van der Waals surface area (Å²) in [4.78, 5) is 12.9. The van der Waals surface area contributed by atoms with Gasteiger partial charge in [0.2, 0.25) is 5.95 Å². The number of hydrogen-bond donors (Lipinski definition) is 1. The number of imidazole rings is 1. The molecule has 0 saturated heterocycles. The van der Waals surface area contributed by atoms with E-state index in [1.807, 2.05) is 14.0 Å². The molecule has 5 heteroatoms. The van der Waals surface area contributed by atoms with Gasteiger partial charge in [0.1, 0.15) is 11.3 Å². The van der Waals surface area contributed by atoms with Gasteiger partial charge in [-0.2, -0.15) is 4.98 Å². The van der Waals surface area contributed by atoms with Gasteiger partial charge in [0.25, 0.3) is 0 Å². The van der Waals surface area contributed by atoms with E-state index in [0.29, 0.717) is 18.0 Å². The normalized spacial score (nSPS) is 10.8. The summed E-state index contributed by atoms with van der Waals surface area (Å²) in [6, 6.07) is 0. The average molecular weight is 203 g/mol. The third kappa shape index (κ3) is 1.45. The molecule has 2 heterocycles. The van der Waals surface area contributed by atoms with Gasteiger partial charge < -0.3 is 10.3 Å². The third-order valence-electron chi connectivity index (χ3n) is 2.31. The molecule has 0 unspecified atom stereocenters. The first-order valence-electron chi connectivity index (χ1n) is 4.69. The second kappa shape index (κ2) is 3.34. The highest BCUT2D eigenvalue weighted by atomic mass is 15.2. The van der Waals surface area contributed by atoms with Crippen molar-refractivity contribution in [3.05, 3.63) is 24.2 Å². The fourth-order valence-corrected chi connectivity index (χ4v) is 1.60. The predicted molar refractivity (Wildman–Crippen MR) is 59.4 cm³/mol. The van der Waals surface area contributed by atoms with E-state index in [0.717, 1.165) is 17.0 Å². The lowest BCUT2D eigenvalue weighted by Crippen LogP contribution is -2.00. The quantitative estimate of drug-likeness (QED) is 0.739. The van der Waals surface area contributed by atoms with Gasteiger partial charge in [0.05, 0.1) is 5.69 Å². The van der Waals surface area contributed by atoms with Crippen LogP contribution in [0.1, 0.15) is 11.5 Å². The lowest BCUT2D eigenvalue weighted by atomic mass is 10.3. The molecule has 0 aliphatic carbocycles. The van der Waals surface area contributed by atoms with Crippen LogP contribution in [0.5, 0.6) is 0 Å². The fraction of sp³-hybridized carbons (Fsp3) is 0.300. The summed E-state index contributed by atoms with van der Waals surface area (Å²) in [5.41, 5.74) is 8.14. The molecule has 2 aromatic rings. The SMILES string of the molecule is C=CCc1nc(C)c2c(n1)nc(N)n2C. The highest BCUT2D eigenvalue weighted by molar-refractivity contribution is 5.76. The summed E-state index contributed by atoms with van der Waals surface area (Å²) in [5, 5.41) is 0. The van der Waals surface area contributed by atoms with Crippen LogP contribution in [0.4, 0.5) is 5.95 Å². The lowest BCUT2D eigenvalue weighted by molar-refractivity contribution is 0.937. The Morgan fingerprint density at radius 2 is 2.13 bits per heavy atom. The summed E-state index contributed by atoms with van der Waals surface area (Å²) < 4.78 is 1.79. The van der Waals surface area contributed by atoms with E-state index in [-0.39, 0.29) is 0 Å². The van der Waals surface area contributed by atoms with Crippen LogP contribution in [0.2, 0.25) is 0 Å². The first-order chi connectivity index (χ1) is 7.13. The molecular formula is C10H13N5. The van der Waals surface area contributed by atoms with Gasteiger partial charge in [-0.25, -0.2) is 9.97 Å². The summed E-state index contributed by atoms with van der Waals surface area (Å²) >= 11 is 0. The molecule has 0 amide bonds. The van der Waals surface area contributed by atoms with Crippen LogP contribution in [0.25, 0.3) is 11.2 Å². The maximum Gasteiger partial charge on any atom is 0.202 e. The van der Waals surface area contributed by atoms with E-state index in [1.165, 1.54) is 0 Å². The minimum Gasteiger partial charge on any atom is -0.369 e. The maximum absolute atomic E-state index is 5.71. The standard InChI is InChI=1S/C10H13N5/c1-4-5-7-12-6(2)8-9(13-7)14-10(11)15(8)3/h4H,1,5H2,2-3H3,(H2,11,12,13,14). The van der Waals surface area contributed by atoms with Crippen LogP contribution < -0.4 is 5.73 Å². The number of fused-ring (bicyclic) bond motifs is 1. The molecule has 0 saturated carbocycles. The first kappa shape index (κ1) is 9.64. The molecule has 0 atom stereocenters. The maximum atomic E-state index is 5.71. The number of nitrogens with two attached hydrogens (primary N) is 1. The molecule has 0 bridgehead atoms. The van der Waals surface area contributed by atoms with Crippen LogP contribution in [0.15, 0.2) is 12.7 Å². The van der Waals surface area contributed by atoms with E-state index in [9.17, 15) is 0 Å². The molecular weight excluding hydrogens is 190 g/mol. The zero-order valence-corrected chi connectivity index (χ0v) is 8.86. The molecule has 0 aromatic carbocycles. The Morgan fingerprint density at radius 3 is 2.80 bits per heavy atom. The Hall–Kier alpha value is -1.91. The van der Waals surface area contributed by atoms with Crippen LogP contribution in [0, 0.1) is 6.92 Å². The van der Waals surface area contributed by atoms with Crippen molar-refractivity contribution in [2.24, 2.45) is 7.05 Å². The van der Waals surface area contributed by atoms with Crippen LogP contribution >= 0.6 is 0 Å². The van der Waals surface area contributed by atoms with Gasteiger partial charge in [-0.05, 0) is 6.92 Å². The molecule has 2 rings (SSSR count). The molecule has 78 valence electrons. The number of allylic oxidation sites excluding steroid dienone is 1. The van der Waals surface area contributed by atoms with E-state index < -0.39 is 0 Å². The Morgan fingerprint density at radius 1 is 1.40 bits per heavy atom. The van der Waals surface area contributed by atoms with Crippen molar-refractivity contribution < 1.29 is 0 Å². The first-order valence-corrected chi connectivity index (χ1v) is 4.69. The summed E-state index contributed by atoms with van der Waals surface area (Å²) in [5.74, 6) is 1.19. The number of rotatable bonds is 2. The summed E-state index contributed by atoms with van der Waals surface area (Å²) in [7, 11) is 1.86. The number of anilines is 1. The summed E-state index contributed by atoms with van der Waals surface area (Å²) in [6.07, 6.45) is 2.42. The number of aryl methyl sites for hydroxylation is 2. The molecule has 0 aliphatic heterocycles. The highest BCUT2D eigenvalue weighted by Crippen LogP contribution is 2.17. The van der Waals surface area contributed by atoms with Gasteiger partial charge in [0, 0.05) is 13.5 Å². The number of aromatic nitrogens is 4. The van der Waals surface area contributed by atoms with Gasteiger partial charge >= 0.3 is 0 Å². The molecule has 0 fully saturated rings. The summed E-state index contributed by atoms with van der Waals surface area (Å²) in [6.45, 7) is 5.59. The topological polar surface area (TPSA) is 69.6 Å². The van der Waals surface area contributed by atoms with Gasteiger partial charge in [-0.3, -0.25) is 0 Å². The van der Waals surface area contributed by atoms with Crippen LogP contribution in [-0.4, -0.2) is 19.5 Å². The Kier molecular flexibility index (Phi) is 2.15. The van der Waals surface area contributed by atoms with E-state index in [4.69, 9.17) is 5.73 Å². The molecule has 2 N–H and O–H groups in total. The molecule has 15 heavy (non-hydrogen) atoms. The van der Waals surface area contributed by atoms with E-state index >= 15 is 0 Å². The van der Waals surface area contributed by atoms with Crippen molar-refractivity contribution in [2.45, 2.75) is 13.3 Å². The zero-order chi connectivity index (χ0) is 11.0. The molecule has 0 radical (unpaired) electrons. The van der Waals surface area contributed by atoms with Crippen molar-refractivity contribution in [3.63, 3.8) is 0 Å². The van der Waals surface area contributed by atoms with Gasteiger partial charge in [0.15, 0.2) is 5.65 Å². The monoisotopic (exact) mass is 203 g/mol. The predicted octanol–water partition coefficient (Wildman–Crippen LogP) is 0.982. The van der Waals surface area contributed by atoms with Gasteiger partial charge in [-0.15, -0.1) is 6.58 Å². The third-order valence-corrected chi connectivity index (χ3v) is 2.31. The molecule has 2 aromatic heterocycles.